The van der Waals surface area contributed by atoms with Crippen LogP contribution >= 0.6 is 23.2 Å². The number of aromatic hydroxyl groups is 1. The van der Waals surface area contributed by atoms with Crippen molar-refractivity contribution in [1.82, 2.24) is 9.78 Å². The minimum atomic E-state index is -0.0176. The molecule has 90 valence electrons. The summed E-state index contributed by atoms with van der Waals surface area (Å²) in [5, 5.41) is 14.4. The van der Waals surface area contributed by atoms with E-state index in [1.165, 1.54) is 6.07 Å². The predicted molar refractivity (Wildman–Crippen MR) is 69.7 cm³/mol. The Morgan fingerprint density at radius 3 is 2.59 bits per heavy atom. The maximum Gasteiger partial charge on any atom is 0.135 e. The molecule has 0 radical (unpaired) electrons. The first-order chi connectivity index (χ1) is 8.00. The first-order valence-electron chi connectivity index (χ1n) is 5.22. The van der Waals surface area contributed by atoms with Crippen LogP contribution in [-0.4, -0.2) is 14.9 Å². The number of rotatable bonds is 2. The molecule has 3 nitrogen and oxygen atoms in total. The van der Waals surface area contributed by atoms with Crippen molar-refractivity contribution < 1.29 is 5.11 Å². The zero-order chi connectivity index (χ0) is 12.6. The van der Waals surface area contributed by atoms with Crippen molar-refractivity contribution in [1.29, 1.82) is 0 Å². The van der Waals surface area contributed by atoms with E-state index < -0.39 is 0 Å². The van der Waals surface area contributed by atoms with Gasteiger partial charge in [0.25, 0.3) is 0 Å². The van der Waals surface area contributed by atoms with E-state index in [-0.39, 0.29) is 16.8 Å². The van der Waals surface area contributed by atoms with Crippen molar-refractivity contribution in [3.8, 4) is 17.0 Å². The summed E-state index contributed by atoms with van der Waals surface area (Å²) >= 11 is 12.0. The van der Waals surface area contributed by atoms with Crippen LogP contribution in [0.25, 0.3) is 11.3 Å². The van der Waals surface area contributed by atoms with Crippen LogP contribution < -0.4 is 0 Å². The smallest absolute Gasteiger partial charge is 0.135 e. The Morgan fingerprint density at radius 2 is 1.94 bits per heavy atom. The van der Waals surface area contributed by atoms with Gasteiger partial charge in [-0.2, -0.15) is 5.10 Å². The second kappa shape index (κ2) is 4.59. The lowest BCUT2D eigenvalue weighted by Gasteiger charge is -2.12. The van der Waals surface area contributed by atoms with Crippen molar-refractivity contribution in [2.24, 2.45) is 0 Å². The third-order valence-electron chi connectivity index (χ3n) is 2.47. The zero-order valence-electron chi connectivity index (χ0n) is 9.48. The van der Waals surface area contributed by atoms with Crippen LogP contribution in [0, 0.1) is 0 Å². The lowest BCUT2D eigenvalue weighted by atomic mass is 10.1. The van der Waals surface area contributed by atoms with Gasteiger partial charge in [-0.15, -0.1) is 0 Å². The van der Waals surface area contributed by atoms with Crippen molar-refractivity contribution in [3.05, 3.63) is 34.4 Å². The molecule has 2 aromatic rings. The van der Waals surface area contributed by atoms with Gasteiger partial charge < -0.3 is 5.11 Å². The molecule has 0 saturated heterocycles. The van der Waals surface area contributed by atoms with Gasteiger partial charge in [-0.25, -0.2) is 0 Å². The van der Waals surface area contributed by atoms with Crippen LogP contribution in [0.5, 0.6) is 5.75 Å². The van der Waals surface area contributed by atoms with Crippen LogP contribution in [0.1, 0.15) is 19.9 Å². The summed E-state index contributed by atoms with van der Waals surface area (Å²) in [6, 6.07) is 5.18. The Kier molecular flexibility index (Phi) is 3.31. The van der Waals surface area contributed by atoms with Crippen molar-refractivity contribution in [3.63, 3.8) is 0 Å². The highest BCUT2D eigenvalue weighted by Crippen LogP contribution is 2.36. The molecule has 1 N–H and O–H groups in total. The molecule has 0 aliphatic rings. The number of hydrogen-bond acceptors (Lipinski definition) is 2. The number of halogens is 2. The normalized spacial score (nSPS) is 11.1. The van der Waals surface area contributed by atoms with Crippen LogP contribution in [0.15, 0.2) is 24.4 Å². The number of nitrogens with zero attached hydrogens (tertiary/aromatic N) is 2. The number of phenols is 1. The molecular weight excluding hydrogens is 259 g/mol. The minimum Gasteiger partial charge on any atom is -0.506 e. The molecule has 0 aliphatic carbocycles. The topological polar surface area (TPSA) is 38.0 Å². The molecular formula is C12H12Cl2N2O. The number of hydrogen-bond donors (Lipinski definition) is 1. The minimum absolute atomic E-state index is 0.0176. The van der Waals surface area contributed by atoms with E-state index in [0.29, 0.717) is 5.02 Å². The van der Waals surface area contributed by atoms with Crippen molar-refractivity contribution >= 4 is 23.2 Å². The zero-order valence-corrected chi connectivity index (χ0v) is 11.0. The molecule has 0 amide bonds. The summed E-state index contributed by atoms with van der Waals surface area (Å²) in [5.41, 5.74) is 1.65. The molecule has 1 aromatic heterocycles. The van der Waals surface area contributed by atoms with Crippen LogP contribution in [0.2, 0.25) is 10.0 Å². The van der Waals surface area contributed by atoms with Gasteiger partial charge in [0.15, 0.2) is 0 Å². The lowest BCUT2D eigenvalue weighted by Crippen LogP contribution is -2.04. The molecule has 5 heteroatoms. The Balaban J connectivity index is 2.60. The molecule has 0 saturated carbocycles. The van der Waals surface area contributed by atoms with E-state index in [4.69, 9.17) is 23.2 Å². The molecule has 0 aliphatic heterocycles. The second-order valence-corrected chi connectivity index (χ2v) is 4.85. The summed E-state index contributed by atoms with van der Waals surface area (Å²) in [5.74, 6) is -0.0176. The molecule has 0 bridgehead atoms. The van der Waals surface area contributed by atoms with Gasteiger partial charge in [0.2, 0.25) is 0 Å². The average molecular weight is 271 g/mol. The molecule has 2 rings (SSSR count). The largest absolute Gasteiger partial charge is 0.506 e. The van der Waals surface area contributed by atoms with Crippen LogP contribution in [0.4, 0.5) is 0 Å². The third-order valence-corrected chi connectivity index (χ3v) is 3.09. The summed E-state index contributed by atoms with van der Waals surface area (Å²) in [4.78, 5) is 0. The van der Waals surface area contributed by atoms with E-state index in [9.17, 15) is 5.11 Å². The highest BCUT2D eigenvalue weighted by molar-refractivity contribution is 6.36. The monoisotopic (exact) mass is 270 g/mol. The lowest BCUT2D eigenvalue weighted by molar-refractivity contribution is 0.475. The fourth-order valence-corrected chi connectivity index (χ4v) is 2.09. The Bertz CT molecular complexity index is 549. The molecule has 0 spiro atoms. The van der Waals surface area contributed by atoms with Gasteiger partial charge in [0.1, 0.15) is 5.75 Å². The van der Waals surface area contributed by atoms with E-state index in [2.05, 4.69) is 5.10 Å². The fraction of sp³-hybridized carbons (Fsp3) is 0.250. The number of aromatic nitrogens is 2. The maximum absolute atomic E-state index is 9.46. The SMILES string of the molecule is CC(C)n1nccc1-c1cc(Cl)c(O)cc1Cl. The number of benzene rings is 1. The van der Waals surface area contributed by atoms with Gasteiger partial charge in [-0.3, -0.25) is 4.68 Å². The van der Waals surface area contributed by atoms with Crippen molar-refractivity contribution in [2.75, 3.05) is 0 Å². The van der Waals surface area contributed by atoms with Gasteiger partial charge >= 0.3 is 0 Å². The van der Waals surface area contributed by atoms with Crippen LogP contribution in [-0.2, 0) is 0 Å². The van der Waals surface area contributed by atoms with Gasteiger partial charge in [-0.05, 0) is 26.0 Å². The Labute approximate surface area is 110 Å². The summed E-state index contributed by atoms with van der Waals surface area (Å²) in [6.07, 6.45) is 1.71. The van der Waals surface area contributed by atoms with Gasteiger partial charge in [-0.1, -0.05) is 23.2 Å². The summed E-state index contributed by atoms with van der Waals surface area (Å²) in [6.45, 7) is 4.07. The molecule has 0 atom stereocenters. The summed E-state index contributed by atoms with van der Waals surface area (Å²) in [7, 11) is 0. The molecule has 17 heavy (non-hydrogen) atoms. The first kappa shape index (κ1) is 12.3. The predicted octanol–water partition coefficient (Wildman–Crippen LogP) is 4.14. The Hall–Kier alpha value is -1.19. The second-order valence-electron chi connectivity index (χ2n) is 4.04. The first-order valence-corrected chi connectivity index (χ1v) is 5.98. The van der Waals surface area contributed by atoms with Crippen molar-refractivity contribution in [2.45, 2.75) is 19.9 Å². The fourth-order valence-electron chi connectivity index (χ4n) is 1.67. The highest BCUT2D eigenvalue weighted by atomic mass is 35.5. The molecule has 0 fully saturated rings. The molecule has 1 aromatic carbocycles. The summed E-state index contributed by atoms with van der Waals surface area (Å²) < 4.78 is 1.86. The highest BCUT2D eigenvalue weighted by Gasteiger charge is 2.13. The van der Waals surface area contributed by atoms with E-state index >= 15 is 0 Å². The average Bonchev–Trinajstić information content (AvgIpc) is 2.72. The van der Waals surface area contributed by atoms with E-state index in [1.807, 2.05) is 24.6 Å². The van der Waals surface area contributed by atoms with E-state index in [1.54, 1.807) is 12.3 Å². The van der Waals surface area contributed by atoms with Gasteiger partial charge in [0, 0.05) is 23.9 Å². The third kappa shape index (κ3) is 2.26. The van der Waals surface area contributed by atoms with E-state index in [0.717, 1.165) is 11.3 Å². The van der Waals surface area contributed by atoms with Crippen LogP contribution in [0.3, 0.4) is 0 Å². The standard InChI is InChI=1S/C12H12Cl2N2O/c1-7(2)16-11(3-4-15-16)8-5-10(14)12(17)6-9(8)13/h3-7,17H,1-2H3. The number of phenolic OH excluding ortho intramolecular Hbond substituents is 1. The molecule has 0 unspecified atom stereocenters. The Morgan fingerprint density at radius 1 is 1.24 bits per heavy atom. The quantitative estimate of drug-likeness (QED) is 0.891. The maximum atomic E-state index is 9.46. The molecule has 1 heterocycles. The van der Waals surface area contributed by atoms with Gasteiger partial charge in [0.05, 0.1) is 15.7 Å².